The van der Waals surface area contributed by atoms with E-state index in [0.29, 0.717) is 5.56 Å². The van der Waals surface area contributed by atoms with Gasteiger partial charge in [-0.25, -0.2) is 4.79 Å². The molecule has 0 aliphatic heterocycles. The smallest absolute Gasteiger partial charge is 0.337 e. The molecule has 0 bridgehead atoms. The maximum atomic E-state index is 12.1. The Morgan fingerprint density at radius 3 is 2.30 bits per heavy atom. The number of carbonyl (C=O) groups is 2. The van der Waals surface area contributed by atoms with Crippen LogP contribution in [0.5, 0.6) is 0 Å². The lowest BCUT2D eigenvalue weighted by Crippen LogP contribution is -2.14. The Balaban J connectivity index is 2.21. The van der Waals surface area contributed by atoms with Gasteiger partial charge in [-0.05, 0) is 29.8 Å². The van der Waals surface area contributed by atoms with Gasteiger partial charge in [0, 0.05) is 10.9 Å². The molecule has 0 aliphatic carbocycles. The van der Waals surface area contributed by atoms with Crippen LogP contribution in [0.4, 0.5) is 5.69 Å². The van der Waals surface area contributed by atoms with Gasteiger partial charge in [0.2, 0.25) is 0 Å². The topological polar surface area (TPSA) is 66.4 Å². The van der Waals surface area contributed by atoms with E-state index < -0.39 is 5.97 Å². The number of hydrogen-bond donors (Lipinski definition) is 2. The lowest BCUT2D eigenvalue weighted by Gasteiger charge is -2.08. The molecule has 20 heavy (non-hydrogen) atoms. The minimum absolute atomic E-state index is 0.0675. The van der Waals surface area contributed by atoms with Crippen molar-refractivity contribution in [2.24, 2.45) is 0 Å². The molecule has 0 saturated heterocycles. The highest BCUT2D eigenvalue weighted by Gasteiger charge is 2.12. The number of aromatic carboxylic acids is 1. The van der Waals surface area contributed by atoms with E-state index in [4.69, 9.17) is 5.11 Å². The molecule has 0 fully saturated rings. The SMILES string of the molecule is O=C(Nc1ccccc1C(=O)O)c1ccc(CBr)cc1. The summed E-state index contributed by atoms with van der Waals surface area (Å²) in [7, 11) is 0. The zero-order chi connectivity index (χ0) is 14.5. The van der Waals surface area contributed by atoms with E-state index in [2.05, 4.69) is 21.2 Å². The van der Waals surface area contributed by atoms with E-state index in [-0.39, 0.29) is 17.2 Å². The molecule has 0 saturated carbocycles. The van der Waals surface area contributed by atoms with Crippen LogP contribution in [0.3, 0.4) is 0 Å². The highest BCUT2D eigenvalue weighted by atomic mass is 79.9. The number of benzene rings is 2. The van der Waals surface area contributed by atoms with Gasteiger partial charge in [-0.15, -0.1) is 0 Å². The Morgan fingerprint density at radius 1 is 1.05 bits per heavy atom. The Bertz CT molecular complexity index is 638. The van der Waals surface area contributed by atoms with Crippen LogP contribution in [-0.4, -0.2) is 17.0 Å². The summed E-state index contributed by atoms with van der Waals surface area (Å²) < 4.78 is 0. The highest BCUT2D eigenvalue weighted by molar-refractivity contribution is 9.08. The molecule has 5 heteroatoms. The average Bonchev–Trinajstić information content (AvgIpc) is 2.47. The summed E-state index contributed by atoms with van der Waals surface area (Å²) >= 11 is 3.33. The number of amides is 1. The fourth-order valence-corrected chi connectivity index (χ4v) is 2.09. The summed E-state index contributed by atoms with van der Waals surface area (Å²) in [4.78, 5) is 23.1. The van der Waals surface area contributed by atoms with Crippen LogP contribution in [0, 0.1) is 0 Å². The van der Waals surface area contributed by atoms with Gasteiger partial charge >= 0.3 is 5.97 Å². The normalized spacial score (nSPS) is 10.1. The van der Waals surface area contributed by atoms with E-state index in [1.165, 1.54) is 6.07 Å². The molecule has 0 radical (unpaired) electrons. The molecule has 1 amide bonds. The number of nitrogens with one attached hydrogen (secondary N) is 1. The van der Waals surface area contributed by atoms with Crippen LogP contribution in [0.1, 0.15) is 26.3 Å². The lowest BCUT2D eigenvalue weighted by atomic mass is 10.1. The third kappa shape index (κ3) is 3.24. The summed E-state index contributed by atoms with van der Waals surface area (Å²) in [6.45, 7) is 0. The van der Waals surface area contributed by atoms with Crippen LogP contribution in [0.25, 0.3) is 0 Å². The molecule has 0 aliphatic rings. The number of hydrogen-bond acceptors (Lipinski definition) is 2. The van der Waals surface area contributed by atoms with Crippen molar-refractivity contribution in [3.8, 4) is 0 Å². The number of carboxylic acids is 1. The van der Waals surface area contributed by atoms with E-state index in [0.717, 1.165) is 10.9 Å². The number of carboxylic acid groups (broad SMARTS) is 1. The second-order valence-corrected chi connectivity index (χ2v) is 4.70. The predicted octanol–water partition coefficient (Wildman–Crippen LogP) is 3.53. The fraction of sp³-hybridized carbons (Fsp3) is 0.0667. The number of rotatable bonds is 4. The maximum absolute atomic E-state index is 12.1. The first-order valence-electron chi connectivity index (χ1n) is 5.90. The number of para-hydroxylation sites is 1. The molecular weight excluding hydrogens is 322 g/mol. The number of alkyl halides is 1. The van der Waals surface area contributed by atoms with Crippen molar-refractivity contribution < 1.29 is 14.7 Å². The molecule has 0 spiro atoms. The van der Waals surface area contributed by atoms with Gasteiger partial charge in [0.05, 0.1) is 11.3 Å². The first-order chi connectivity index (χ1) is 9.61. The molecule has 0 atom stereocenters. The largest absolute Gasteiger partial charge is 0.478 e. The molecule has 102 valence electrons. The van der Waals surface area contributed by atoms with E-state index in [1.54, 1.807) is 30.3 Å². The van der Waals surface area contributed by atoms with Crippen LogP contribution in [0.2, 0.25) is 0 Å². The van der Waals surface area contributed by atoms with Gasteiger partial charge in [0.1, 0.15) is 0 Å². The van der Waals surface area contributed by atoms with E-state index in [1.807, 2.05) is 12.1 Å². The first-order valence-corrected chi connectivity index (χ1v) is 7.02. The van der Waals surface area contributed by atoms with Crippen molar-refractivity contribution in [2.45, 2.75) is 5.33 Å². The summed E-state index contributed by atoms with van der Waals surface area (Å²) in [5, 5.41) is 12.4. The first kappa shape index (κ1) is 14.3. The molecule has 2 N–H and O–H groups in total. The van der Waals surface area contributed by atoms with Crippen molar-refractivity contribution in [3.63, 3.8) is 0 Å². The Labute approximate surface area is 124 Å². The zero-order valence-electron chi connectivity index (χ0n) is 10.5. The zero-order valence-corrected chi connectivity index (χ0v) is 12.1. The minimum Gasteiger partial charge on any atom is -0.478 e. The quantitative estimate of drug-likeness (QED) is 0.841. The second-order valence-electron chi connectivity index (χ2n) is 4.14. The molecule has 0 aromatic heterocycles. The maximum Gasteiger partial charge on any atom is 0.337 e. The second kappa shape index (κ2) is 6.34. The third-order valence-corrected chi connectivity index (χ3v) is 3.42. The van der Waals surface area contributed by atoms with Gasteiger partial charge in [0.15, 0.2) is 0 Å². The number of carbonyl (C=O) groups excluding carboxylic acids is 1. The lowest BCUT2D eigenvalue weighted by molar-refractivity contribution is 0.0698. The molecule has 4 nitrogen and oxygen atoms in total. The number of anilines is 1. The van der Waals surface area contributed by atoms with Crippen LogP contribution in [-0.2, 0) is 5.33 Å². The van der Waals surface area contributed by atoms with Crippen molar-refractivity contribution in [1.82, 2.24) is 0 Å². The summed E-state index contributed by atoms with van der Waals surface area (Å²) in [5.74, 6) is -1.41. The predicted molar refractivity (Wildman–Crippen MR) is 80.4 cm³/mol. The Morgan fingerprint density at radius 2 is 1.70 bits per heavy atom. The molecule has 2 aromatic carbocycles. The summed E-state index contributed by atoms with van der Waals surface area (Å²) in [6.07, 6.45) is 0. The Kier molecular flexibility index (Phi) is 4.53. The minimum atomic E-state index is -1.07. The molecule has 2 aromatic rings. The number of halogens is 1. The Hall–Kier alpha value is -2.14. The van der Waals surface area contributed by atoms with Gasteiger partial charge in [-0.2, -0.15) is 0 Å². The monoisotopic (exact) mass is 333 g/mol. The third-order valence-electron chi connectivity index (χ3n) is 2.78. The van der Waals surface area contributed by atoms with Crippen LogP contribution >= 0.6 is 15.9 Å². The van der Waals surface area contributed by atoms with Crippen molar-refractivity contribution >= 4 is 33.5 Å². The highest BCUT2D eigenvalue weighted by Crippen LogP contribution is 2.16. The van der Waals surface area contributed by atoms with Crippen LogP contribution < -0.4 is 5.32 Å². The summed E-state index contributed by atoms with van der Waals surface area (Å²) in [5.41, 5.74) is 1.90. The van der Waals surface area contributed by atoms with Crippen LogP contribution in [0.15, 0.2) is 48.5 Å². The van der Waals surface area contributed by atoms with E-state index in [9.17, 15) is 9.59 Å². The van der Waals surface area contributed by atoms with Crippen molar-refractivity contribution in [3.05, 3.63) is 65.2 Å². The average molecular weight is 334 g/mol. The van der Waals surface area contributed by atoms with Gasteiger partial charge < -0.3 is 10.4 Å². The molecule has 0 heterocycles. The molecular formula is C15H12BrNO3. The van der Waals surface area contributed by atoms with Crippen molar-refractivity contribution in [1.29, 1.82) is 0 Å². The standard InChI is InChI=1S/C15H12BrNO3/c16-9-10-5-7-11(8-6-10)14(18)17-13-4-2-1-3-12(13)15(19)20/h1-8H,9H2,(H,17,18)(H,19,20). The van der Waals surface area contributed by atoms with E-state index >= 15 is 0 Å². The fourth-order valence-electron chi connectivity index (χ4n) is 1.72. The summed E-state index contributed by atoms with van der Waals surface area (Å²) in [6, 6.07) is 13.4. The molecule has 2 rings (SSSR count). The van der Waals surface area contributed by atoms with Gasteiger partial charge in [-0.1, -0.05) is 40.2 Å². The van der Waals surface area contributed by atoms with Gasteiger partial charge in [0.25, 0.3) is 5.91 Å². The van der Waals surface area contributed by atoms with Crippen molar-refractivity contribution in [2.75, 3.05) is 5.32 Å². The molecule has 0 unspecified atom stereocenters. The van der Waals surface area contributed by atoms with Gasteiger partial charge in [-0.3, -0.25) is 4.79 Å².